The van der Waals surface area contributed by atoms with Crippen molar-refractivity contribution in [2.45, 2.75) is 31.6 Å². The molecule has 0 bridgehead atoms. The number of phenolic OH excluding ortho intramolecular Hbond substituents is 1. The standard InChI is InChI=1S/C26H26N2O6/c1-13-23-24(17-7-6-16(31-2)12-21(17)32-3)25-18(27-26(23)34-28-13)9-15(10-20(25)30)14-5-8-19(29)22(11-14)33-4/h5-8,11-12,15,24,27,29H,9-10H2,1-4H3/t15-,24-/m1/s1. The quantitative estimate of drug-likeness (QED) is 0.564. The summed E-state index contributed by atoms with van der Waals surface area (Å²) in [5.41, 5.74) is 4.83. The second-order valence-electron chi connectivity index (χ2n) is 8.53. The highest BCUT2D eigenvalue weighted by Gasteiger charge is 2.42. The molecule has 2 heterocycles. The van der Waals surface area contributed by atoms with E-state index < -0.39 is 0 Å². The van der Waals surface area contributed by atoms with Crippen LogP contribution in [0.5, 0.6) is 23.0 Å². The van der Waals surface area contributed by atoms with Crippen molar-refractivity contribution in [2.75, 3.05) is 26.6 Å². The molecule has 0 saturated carbocycles. The number of ether oxygens (including phenoxy) is 3. The summed E-state index contributed by atoms with van der Waals surface area (Å²) < 4.78 is 21.9. The van der Waals surface area contributed by atoms with Crippen molar-refractivity contribution in [1.82, 2.24) is 5.16 Å². The third-order valence-electron chi connectivity index (χ3n) is 6.68. The second-order valence-corrected chi connectivity index (χ2v) is 8.53. The summed E-state index contributed by atoms with van der Waals surface area (Å²) in [6, 6.07) is 10.8. The first-order valence-corrected chi connectivity index (χ1v) is 11.0. The molecule has 176 valence electrons. The van der Waals surface area contributed by atoms with E-state index in [1.165, 1.54) is 7.11 Å². The number of nitrogens with zero attached hydrogens (tertiary/aromatic N) is 1. The van der Waals surface area contributed by atoms with Crippen LogP contribution < -0.4 is 19.5 Å². The maximum atomic E-state index is 13.7. The van der Waals surface area contributed by atoms with Gasteiger partial charge in [-0.3, -0.25) is 4.79 Å². The van der Waals surface area contributed by atoms with Crippen molar-refractivity contribution >= 4 is 11.7 Å². The monoisotopic (exact) mass is 462 g/mol. The maximum absolute atomic E-state index is 13.7. The van der Waals surface area contributed by atoms with E-state index in [0.717, 1.165) is 28.1 Å². The zero-order chi connectivity index (χ0) is 24.0. The number of aryl methyl sites for hydroxylation is 1. The first kappa shape index (κ1) is 21.9. The number of hydrogen-bond acceptors (Lipinski definition) is 8. The van der Waals surface area contributed by atoms with Gasteiger partial charge in [0.1, 0.15) is 11.5 Å². The predicted octanol–water partition coefficient (Wildman–Crippen LogP) is 4.67. The van der Waals surface area contributed by atoms with Crippen molar-refractivity contribution in [3.8, 4) is 23.0 Å². The van der Waals surface area contributed by atoms with Gasteiger partial charge in [-0.2, -0.15) is 0 Å². The van der Waals surface area contributed by atoms with Crippen LogP contribution in [-0.4, -0.2) is 37.4 Å². The minimum Gasteiger partial charge on any atom is -0.504 e. The van der Waals surface area contributed by atoms with Gasteiger partial charge in [0.05, 0.1) is 38.5 Å². The minimum atomic E-state index is -0.374. The van der Waals surface area contributed by atoms with E-state index in [1.807, 2.05) is 31.2 Å². The van der Waals surface area contributed by atoms with Crippen molar-refractivity contribution in [1.29, 1.82) is 0 Å². The van der Waals surface area contributed by atoms with Gasteiger partial charge in [-0.15, -0.1) is 0 Å². The molecular weight excluding hydrogens is 436 g/mol. The zero-order valence-corrected chi connectivity index (χ0v) is 19.5. The number of methoxy groups -OCH3 is 3. The topological polar surface area (TPSA) is 103 Å². The third kappa shape index (κ3) is 3.46. The van der Waals surface area contributed by atoms with Gasteiger partial charge in [-0.05, 0) is 43.0 Å². The smallest absolute Gasteiger partial charge is 0.233 e. The number of ketones is 1. The van der Waals surface area contributed by atoms with E-state index in [-0.39, 0.29) is 23.4 Å². The van der Waals surface area contributed by atoms with Crippen LogP contribution >= 0.6 is 0 Å². The number of aromatic nitrogens is 1. The van der Waals surface area contributed by atoms with Crippen LogP contribution in [0.3, 0.4) is 0 Å². The maximum Gasteiger partial charge on any atom is 0.233 e. The molecule has 5 rings (SSSR count). The Bertz CT molecular complexity index is 1310. The molecule has 0 radical (unpaired) electrons. The molecule has 2 N–H and O–H groups in total. The van der Waals surface area contributed by atoms with Crippen molar-refractivity contribution < 1.29 is 28.6 Å². The molecule has 0 fully saturated rings. The van der Waals surface area contributed by atoms with Gasteiger partial charge in [0.25, 0.3) is 0 Å². The summed E-state index contributed by atoms with van der Waals surface area (Å²) in [5, 5.41) is 17.5. The van der Waals surface area contributed by atoms with Crippen LogP contribution in [0.15, 0.2) is 52.2 Å². The van der Waals surface area contributed by atoms with Crippen LogP contribution in [0, 0.1) is 6.92 Å². The summed E-state index contributed by atoms with van der Waals surface area (Å²) in [5.74, 6) is 1.88. The summed E-state index contributed by atoms with van der Waals surface area (Å²) in [4.78, 5) is 13.7. The lowest BCUT2D eigenvalue weighted by molar-refractivity contribution is -0.116. The van der Waals surface area contributed by atoms with E-state index >= 15 is 0 Å². The average molecular weight is 463 g/mol. The molecule has 0 unspecified atom stereocenters. The molecule has 0 spiro atoms. The van der Waals surface area contributed by atoms with Gasteiger partial charge < -0.3 is 29.2 Å². The number of nitrogens with one attached hydrogen (secondary N) is 1. The summed E-state index contributed by atoms with van der Waals surface area (Å²) >= 11 is 0. The Hall–Kier alpha value is -3.94. The Kier molecular flexibility index (Phi) is 5.43. The Morgan fingerprint density at radius 1 is 1.03 bits per heavy atom. The summed E-state index contributed by atoms with van der Waals surface area (Å²) in [6.45, 7) is 1.87. The molecule has 2 atom stereocenters. The van der Waals surface area contributed by atoms with Crippen LogP contribution in [-0.2, 0) is 4.79 Å². The predicted molar refractivity (Wildman–Crippen MR) is 125 cm³/mol. The van der Waals surface area contributed by atoms with Crippen LogP contribution in [0.4, 0.5) is 5.88 Å². The van der Waals surface area contributed by atoms with Gasteiger partial charge in [0.2, 0.25) is 5.88 Å². The number of carbonyl (C=O) groups is 1. The Morgan fingerprint density at radius 3 is 2.56 bits per heavy atom. The highest BCUT2D eigenvalue weighted by molar-refractivity contribution is 6.01. The largest absolute Gasteiger partial charge is 0.504 e. The normalized spacial score (nSPS) is 19.2. The minimum absolute atomic E-state index is 0.0416. The van der Waals surface area contributed by atoms with E-state index in [2.05, 4.69) is 10.5 Å². The van der Waals surface area contributed by atoms with Crippen LogP contribution in [0.2, 0.25) is 0 Å². The first-order chi connectivity index (χ1) is 16.4. The van der Waals surface area contributed by atoms with Gasteiger partial charge in [0.15, 0.2) is 17.3 Å². The van der Waals surface area contributed by atoms with Crippen molar-refractivity contribution in [3.05, 3.63) is 70.1 Å². The van der Waals surface area contributed by atoms with E-state index in [4.69, 9.17) is 18.7 Å². The van der Waals surface area contributed by atoms with Gasteiger partial charge in [0, 0.05) is 29.3 Å². The highest BCUT2D eigenvalue weighted by atomic mass is 16.5. The Balaban J connectivity index is 1.62. The molecule has 34 heavy (non-hydrogen) atoms. The molecule has 3 aromatic rings. The first-order valence-electron chi connectivity index (χ1n) is 11.0. The molecule has 8 heteroatoms. The fourth-order valence-corrected chi connectivity index (χ4v) is 5.02. The molecular formula is C26H26N2O6. The molecule has 0 saturated heterocycles. The molecule has 8 nitrogen and oxygen atoms in total. The van der Waals surface area contributed by atoms with Crippen LogP contribution in [0.1, 0.15) is 47.1 Å². The number of carbonyl (C=O) groups excluding carboxylic acids is 1. The molecule has 2 aromatic carbocycles. The number of fused-ring (bicyclic) bond motifs is 1. The lowest BCUT2D eigenvalue weighted by Gasteiger charge is -2.35. The number of phenols is 1. The van der Waals surface area contributed by atoms with E-state index in [1.54, 1.807) is 26.4 Å². The van der Waals surface area contributed by atoms with E-state index in [9.17, 15) is 9.90 Å². The van der Waals surface area contributed by atoms with Gasteiger partial charge in [-0.1, -0.05) is 17.3 Å². The number of aromatic hydroxyl groups is 1. The number of rotatable bonds is 5. The van der Waals surface area contributed by atoms with Crippen molar-refractivity contribution in [2.24, 2.45) is 0 Å². The second kappa shape index (κ2) is 8.44. The summed E-state index contributed by atoms with van der Waals surface area (Å²) in [7, 11) is 4.72. The molecule has 0 amide bonds. The highest BCUT2D eigenvalue weighted by Crippen LogP contribution is 2.51. The van der Waals surface area contributed by atoms with Gasteiger partial charge in [-0.25, -0.2) is 0 Å². The molecule has 1 aromatic heterocycles. The average Bonchev–Trinajstić information content (AvgIpc) is 3.22. The summed E-state index contributed by atoms with van der Waals surface area (Å²) in [6.07, 6.45) is 0.937. The molecule has 2 aliphatic rings. The molecule has 1 aliphatic heterocycles. The lowest BCUT2D eigenvalue weighted by atomic mass is 9.72. The third-order valence-corrected chi connectivity index (χ3v) is 6.68. The van der Waals surface area contributed by atoms with E-state index in [0.29, 0.717) is 41.5 Å². The Labute approximate surface area is 197 Å². The van der Waals surface area contributed by atoms with Crippen molar-refractivity contribution in [3.63, 3.8) is 0 Å². The fraction of sp³-hybridized carbons (Fsp3) is 0.308. The number of hydrogen-bond donors (Lipinski definition) is 2. The number of anilines is 1. The zero-order valence-electron chi connectivity index (χ0n) is 19.5. The molecule has 1 aliphatic carbocycles. The lowest BCUT2D eigenvalue weighted by Crippen LogP contribution is -2.29. The SMILES string of the molecule is COc1ccc([C@H]2C3=C(C[C@@H](c4ccc(O)c(OC)c4)CC3=O)Nc3onc(C)c32)c(OC)c1. The number of Topliss-reactive ketones (excluding diaryl/α,β-unsaturated/α-hetero) is 1. The van der Waals surface area contributed by atoms with Crippen LogP contribution in [0.25, 0.3) is 0 Å². The number of benzene rings is 2. The van der Waals surface area contributed by atoms with Gasteiger partial charge >= 0.3 is 0 Å². The Morgan fingerprint density at radius 2 is 1.82 bits per heavy atom. The number of allylic oxidation sites excluding steroid dienone is 2. The fourth-order valence-electron chi connectivity index (χ4n) is 5.02.